The lowest BCUT2D eigenvalue weighted by molar-refractivity contribution is -0.146. The molecule has 42 nitrogen and oxygen atoms in total. The van der Waals surface area contributed by atoms with Crippen LogP contribution < -0.4 is 65.1 Å². The van der Waals surface area contributed by atoms with E-state index in [0.29, 0.717) is 17.5 Å². The number of nitrogens with zero attached hydrogens (tertiary/aromatic N) is 8. The first-order valence-corrected chi connectivity index (χ1v) is 41.3. The molecule has 0 spiro atoms. The summed E-state index contributed by atoms with van der Waals surface area (Å²) in [4.78, 5) is 271. The topological polar surface area (TPSA) is 636 Å². The second-order valence-electron chi connectivity index (χ2n) is 32.6. The molecular formula is C80H112N20O22. The van der Waals surface area contributed by atoms with E-state index in [2.05, 4.69) is 57.9 Å². The van der Waals surface area contributed by atoms with Gasteiger partial charge in [0.05, 0.1) is 6.04 Å². The van der Waals surface area contributed by atoms with Crippen molar-refractivity contribution in [2.75, 3.05) is 32.7 Å². The number of amides is 17. The van der Waals surface area contributed by atoms with Crippen molar-refractivity contribution in [2.24, 2.45) is 34.2 Å². The van der Waals surface area contributed by atoms with Crippen LogP contribution in [0.5, 0.6) is 5.75 Å². The molecule has 42 heteroatoms. The van der Waals surface area contributed by atoms with Crippen LogP contribution in [-0.4, -0.2) is 276 Å². The van der Waals surface area contributed by atoms with E-state index in [1.807, 2.05) is 0 Å². The van der Waals surface area contributed by atoms with E-state index in [-0.39, 0.29) is 159 Å². The first kappa shape index (κ1) is 95.0. The molecule has 6 aliphatic rings. The molecule has 0 unspecified atom stereocenters. The fourth-order valence-electron chi connectivity index (χ4n) is 16.3. The van der Waals surface area contributed by atoms with Gasteiger partial charge in [-0.1, -0.05) is 75.3 Å². The number of carbonyl (C=O) groups is 19. The summed E-state index contributed by atoms with van der Waals surface area (Å²) in [6, 6.07) is -6.66. The lowest BCUT2D eigenvalue weighted by Gasteiger charge is -2.33. The maximum absolute atomic E-state index is 15.2. The summed E-state index contributed by atoms with van der Waals surface area (Å²) >= 11 is 0. The molecule has 0 bridgehead atoms. The van der Waals surface area contributed by atoms with Crippen LogP contribution in [0.25, 0.3) is 10.4 Å². The Morgan fingerprint density at radius 2 is 0.820 bits per heavy atom. The van der Waals surface area contributed by atoms with Crippen LogP contribution in [-0.2, 0) is 104 Å². The zero-order chi connectivity index (χ0) is 89.3. The number of hydrogen-bond acceptors (Lipinski definition) is 21. The zero-order valence-corrected chi connectivity index (χ0v) is 68.7. The second kappa shape index (κ2) is 44.7. The van der Waals surface area contributed by atoms with Gasteiger partial charge in [0.15, 0.2) is 0 Å². The Labute approximate surface area is 703 Å². The highest BCUT2D eigenvalue weighted by Crippen LogP contribution is 2.29. The van der Waals surface area contributed by atoms with Crippen molar-refractivity contribution in [1.29, 1.82) is 0 Å². The minimum absolute atomic E-state index is 0.00630. The number of phenols is 1. The number of azide groups is 1. The Balaban J connectivity index is 0.975. The summed E-state index contributed by atoms with van der Waals surface area (Å²) in [6.45, 7) is 6.44. The zero-order valence-electron chi connectivity index (χ0n) is 68.7. The third kappa shape index (κ3) is 26.7. The summed E-state index contributed by atoms with van der Waals surface area (Å²) in [5.74, 6) is -17.5. The number of carboxylic acid groups (broad SMARTS) is 2. The predicted octanol–water partition coefficient (Wildman–Crippen LogP) is -2.58. The molecule has 0 radical (unpaired) electrons. The Morgan fingerprint density at radius 3 is 1.25 bits per heavy atom. The standard InChI is InChI=1S/C80H112N20O22/c1-42(2)36-53(90-67(108)48-25-30-65(105)85-48)69(110)87-50(22-27-62(81)102)75(116)96-32-8-16-59(96)72(113)92-55(38-44-12-6-5-7-13-44)78(119)98-34-9-14-57(98)70(111)88-51(23-28-63(82)103)76(117)100-41-46(94-95-84)40-61(100)74(115)86-49(26-31-66(106)107)68(109)91-54(37-43(3)4)77(118)97-33-11-17-60(97)73(114)93-56(39-45-18-20-47(101)21-19-45)79(120)99-35-10-15-58(99)71(112)89-52(80(121)122)24-29-64(83)104/h5-7,12-13,18-21,42-43,46,48-61,101H,8-11,14-17,22-41H2,1-4H3,(H2,81,102)(H2,82,103)(H2,83,104)(H,85,105)(H,86,115)(H,87,110)(H,88,111)(H,89,112)(H,90,108)(H,91,109)(H,92,113)(H,93,114)(H,106,107)(H,121,122)/t46-,48-,49-,50-,51-,52-,53-,54-,55-,56-,57-,58-,59-,60-,61-/m0/s1. The SMILES string of the molecule is CC(C)C[C@H](NC(=O)[C@@H]1CCC(=O)N1)C(=O)N[C@@H](CCC(N)=O)C(=O)N1CCC[C@H]1C(=O)N[C@@H](Cc1ccccc1)C(=O)N1CCC[C@H]1C(=O)N[C@@H](CCC(N)=O)C(=O)N1C[C@@H](N=[N+]=[N-])C[C@H]1C(=O)N[C@@H](CCC(=O)O)C(=O)N[C@@H](CC(C)C)C(=O)N1CCC[C@H]1C(=O)N[C@@H](Cc1ccc(O)cc1)C(=O)N1CCC[C@H]1C(=O)N[C@@H](CCC(N)=O)C(=O)O. The van der Waals surface area contributed by atoms with Gasteiger partial charge < -0.3 is 105 Å². The molecule has 6 saturated heterocycles. The maximum atomic E-state index is 15.2. The number of carboxylic acids is 2. The van der Waals surface area contributed by atoms with E-state index in [0.717, 1.165) is 4.90 Å². The number of aromatic hydroxyl groups is 1. The molecule has 122 heavy (non-hydrogen) atoms. The summed E-state index contributed by atoms with van der Waals surface area (Å²) in [5, 5.41) is 57.3. The largest absolute Gasteiger partial charge is 0.508 e. The number of rotatable bonds is 43. The van der Waals surface area contributed by atoms with Gasteiger partial charge in [0.1, 0.15) is 90.3 Å². The van der Waals surface area contributed by atoms with Crippen molar-refractivity contribution in [2.45, 2.75) is 266 Å². The lowest BCUT2D eigenvalue weighted by Crippen LogP contribution is -2.61. The Morgan fingerprint density at radius 1 is 0.451 bits per heavy atom. The molecular weight excluding hydrogens is 1590 g/mol. The minimum atomic E-state index is -1.79. The van der Waals surface area contributed by atoms with Gasteiger partial charge in [0, 0.05) is 82.6 Å². The van der Waals surface area contributed by atoms with Crippen LogP contribution in [0.3, 0.4) is 0 Å². The molecule has 0 aromatic heterocycles. The van der Waals surface area contributed by atoms with Gasteiger partial charge in [-0.05, 0) is 143 Å². The molecule has 17 amide bonds. The number of hydrogen-bond donors (Lipinski definition) is 15. The van der Waals surface area contributed by atoms with Gasteiger partial charge in [0.25, 0.3) is 0 Å². The number of carbonyl (C=O) groups excluding carboxylic acids is 17. The Hall–Kier alpha value is -12.5. The Kier molecular flexibility index (Phi) is 34.8. The highest BCUT2D eigenvalue weighted by molar-refractivity contribution is 6.02. The molecule has 0 aliphatic carbocycles. The first-order chi connectivity index (χ1) is 57.9. The van der Waals surface area contributed by atoms with Gasteiger partial charge in [0.2, 0.25) is 100 Å². The Bertz CT molecular complexity index is 4280. The normalized spacial score (nSPS) is 21.2. The number of nitrogens with two attached hydrogens (primary N) is 3. The van der Waals surface area contributed by atoms with Crippen molar-refractivity contribution in [1.82, 2.24) is 72.4 Å². The molecule has 664 valence electrons. The second-order valence-corrected chi connectivity index (χ2v) is 32.6. The van der Waals surface area contributed by atoms with Gasteiger partial charge in [-0.15, -0.1) is 0 Å². The van der Waals surface area contributed by atoms with Crippen LogP contribution in [0.2, 0.25) is 0 Å². The van der Waals surface area contributed by atoms with E-state index >= 15 is 14.4 Å². The number of benzene rings is 2. The smallest absolute Gasteiger partial charge is 0.326 e. The molecule has 18 N–H and O–H groups in total. The predicted molar refractivity (Wildman–Crippen MR) is 429 cm³/mol. The fraction of sp³-hybridized carbons (Fsp3) is 0.613. The van der Waals surface area contributed by atoms with E-state index < -0.39 is 236 Å². The fourth-order valence-corrected chi connectivity index (χ4v) is 16.3. The van der Waals surface area contributed by atoms with Crippen molar-refractivity contribution < 1.29 is 106 Å². The number of likely N-dealkylation sites (tertiary alicyclic amines) is 5. The quantitative estimate of drug-likeness (QED) is 0.0184. The number of phenolic OH excluding ortho intramolecular Hbond substituents is 1. The summed E-state index contributed by atoms with van der Waals surface area (Å²) < 4.78 is 0. The third-order valence-electron chi connectivity index (χ3n) is 22.5. The van der Waals surface area contributed by atoms with E-state index in [9.17, 15) is 97.6 Å². The average Bonchev–Trinajstić information content (AvgIpc) is 1.74. The molecule has 0 saturated carbocycles. The van der Waals surface area contributed by atoms with E-state index in [1.54, 1.807) is 58.0 Å². The molecule has 2 aromatic rings. The third-order valence-corrected chi connectivity index (χ3v) is 22.5. The van der Waals surface area contributed by atoms with Crippen LogP contribution in [0.4, 0.5) is 0 Å². The van der Waals surface area contributed by atoms with Gasteiger partial charge in [-0.3, -0.25) is 86.3 Å². The minimum Gasteiger partial charge on any atom is -0.508 e. The van der Waals surface area contributed by atoms with Crippen molar-refractivity contribution in [3.63, 3.8) is 0 Å². The monoisotopic (exact) mass is 1700 g/mol. The van der Waals surface area contributed by atoms with Crippen molar-refractivity contribution >= 4 is 112 Å². The van der Waals surface area contributed by atoms with Crippen molar-refractivity contribution in [3.8, 4) is 5.75 Å². The van der Waals surface area contributed by atoms with Gasteiger partial charge in [-0.2, -0.15) is 0 Å². The molecule has 2 aromatic carbocycles. The molecule has 6 aliphatic heterocycles. The van der Waals surface area contributed by atoms with Crippen LogP contribution in [0, 0.1) is 11.8 Å². The van der Waals surface area contributed by atoms with Crippen LogP contribution in [0.15, 0.2) is 59.7 Å². The molecule has 8 rings (SSSR count). The summed E-state index contributed by atoms with van der Waals surface area (Å²) in [5.41, 5.74) is 27.1. The number of nitrogens with one attached hydrogen (secondary N) is 9. The number of primary amides is 3. The lowest BCUT2D eigenvalue weighted by atomic mass is 10.0. The van der Waals surface area contributed by atoms with E-state index in [1.165, 1.54) is 43.9 Å². The van der Waals surface area contributed by atoms with Gasteiger partial charge >= 0.3 is 11.9 Å². The van der Waals surface area contributed by atoms with Crippen molar-refractivity contribution in [3.05, 3.63) is 76.2 Å². The first-order valence-electron chi connectivity index (χ1n) is 41.3. The van der Waals surface area contributed by atoms with Crippen LogP contribution >= 0.6 is 0 Å². The highest BCUT2D eigenvalue weighted by Gasteiger charge is 2.49. The maximum Gasteiger partial charge on any atom is 0.326 e. The summed E-state index contributed by atoms with van der Waals surface area (Å²) in [7, 11) is 0. The summed E-state index contributed by atoms with van der Waals surface area (Å²) in [6.07, 6.45) is -3.01. The molecule has 6 heterocycles. The van der Waals surface area contributed by atoms with Crippen LogP contribution in [0.1, 0.15) is 174 Å². The van der Waals surface area contributed by atoms with Gasteiger partial charge in [-0.25, -0.2) is 4.79 Å². The molecule has 6 fully saturated rings. The molecule has 15 atom stereocenters. The van der Waals surface area contributed by atoms with E-state index in [4.69, 9.17) is 17.2 Å². The average molecular weight is 1710 g/mol. The number of aliphatic carboxylic acids is 2. The highest BCUT2D eigenvalue weighted by atomic mass is 16.4.